The maximum absolute atomic E-state index is 12.4. The molecule has 0 unspecified atom stereocenters. The molecule has 2 amide bonds. The number of anilines is 2. The Morgan fingerprint density at radius 3 is 2.62 bits per heavy atom. The Hall–Kier alpha value is -2.86. The summed E-state index contributed by atoms with van der Waals surface area (Å²) in [5.74, 6) is 0.862. The first-order valence-corrected chi connectivity index (χ1v) is 10.2. The zero-order valence-electron chi connectivity index (χ0n) is 16.7. The zero-order chi connectivity index (χ0) is 20.2. The summed E-state index contributed by atoms with van der Waals surface area (Å²) in [5.41, 5.74) is 2.60. The van der Waals surface area contributed by atoms with Crippen LogP contribution in [-0.4, -0.2) is 35.9 Å². The molecule has 6 heteroatoms. The Balaban J connectivity index is 1.29. The van der Waals surface area contributed by atoms with Gasteiger partial charge in [-0.15, -0.1) is 0 Å². The van der Waals surface area contributed by atoms with Gasteiger partial charge in [-0.3, -0.25) is 14.5 Å². The number of fused-ring (bicyclic) bond motifs is 1. The SMILES string of the molecule is CC1CCN(Cc2ccc(NC(=O)C[C@@H]3Oc4ccccc4NC3=O)cc2)CC1. The van der Waals surface area contributed by atoms with Gasteiger partial charge in [0.1, 0.15) is 5.75 Å². The number of likely N-dealkylation sites (tertiary alicyclic amines) is 1. The van der Waals surface area contributed by atoms with E-state index in [0.29, 0.717) is 11.4 Å². The molecule has 2 aliphatic rings. The molecule has 1 saturated heterocycles. The highest BCUT2D eigenvalue weighted by atomic mass is 16.5. The zero-order valence-corrected chi connectivity index (χ0v) is 16.7. The average Bonchev–Trinajstić information content (AvgIpc) is 2.72. The summed E-state index contributed by atoms with van der Waals surface area (Å²) in [7, 11) is 0. The van der Waals surface area contributed by atoms with Crippen LogP contribution >= 0.6 is 0 Å². The van der Waals surface area contributed by atoms with Gasteiger partial charge in [0.05, 0.1) is 12.1 Å². The van der Waals surface area contributed by atoms with Crippen LogP contribution in [0.3, 0.4) is 0 Å². The van der Waals surface area contributed by atoms with Gasteiger partial charge in [0.15, 0.2) is 6.10 Å². The number of rotatable bonds is 5. The smallest absolute Gasteiger partial charge is 0.266 e. The molecule has 2 aliphatic heterocycles. The minimum absolute atomic E-state index is 0.0338. The minimum atomic E-state index is -0.828. The Morgan fingerprint density at radius 2 is 1.86 bits per heavy atom. The van der Waals surface area contributed by atoms with Crippen LogP contribution in [0.15, 0.2) is 48.5 Å². The van der Waals surface area contributed by atoms with Crippen molar-refractivity contribution in [1.29, 1.82) is 0 Å². The lowest BCUT2D eigenvalue weighted by molar-refractivity contribution is -0.128. The van der Waals surface area contributed by atoms with Gasteiger partial charge in [-0.2, -0.15) is 0 Å². The molecular weight excluding hydrogens is 366 g/mol. The molecule has 0 aromatic heterocycles. The topological polar surface area (TPSA) is 70.7 Å². The largest absolute Gasteiger partial charge is 0.478 e. The predicted molar refractivity (Wildman–Crippen MR) is 113 cm³/mol. The molecule has 29 heavy (non-hydrogen) atoms. The fourth-order valence-electron chi connectivity index (χ4n) is 3.78. The van der Waals surface area contributed by atoms with Crippen LogP contribution in [0.25, 0.3) is 0 Å². The van der Waals surface area contributed by atoms with E-state index in [4.69, 9.17) is 4.74 Å². The second-order valence-electron chi connectivity index (χ2n) is 8.00. The van der Waals surface area contributed by atoms with Crippen molar-refractivity contribution < 1.29 is 14.3 Å². The average molecular weight is 393 g/mol. The summed E-state index contributed by atoms with van der Waals surface area (Å²) >= 11 is 0. The third-order valence-corrected chi connectivity index (χ3v) is 5.60. The van der Waals surface area contributed by atoms with Crippen LogP contribution in [0.5, 0.6) is 5.75 Å². The number of nitrogens with one attached hydrogen (secondary N) is 2. The number of piperidine rings is 1. The van der Waals surface area contributed by atoms with Gasteiger partial charge in [0.25, 0.3) is 5.91 Å². The molecule has 2 heterocycles. The van der Waals surface area contributed by atoms with Crippen LogP contribution in [0.1, 0.15) is 31.7 Å². The van der Waals surface area contributed by atoms with Gasteiger partial charge in [-0.1, -0.05) is 31.2 Å². The van der Waals surface area contributed by atoms with E-state index in [9.17, 15) is 9.59 Å². The number of hydrogen-bond donors (Lipinski definition) is 2. The summed E-state index contributed by atoms with van der Waals surface area (Å²) in [6.07, 6.45) is 1.66. The summed E-state index contributed by atoms with van der Waals surface area (Å²) < 4.78 is 5.69. The Morgan fingerprint density at radius 1 is 1.14 bits per heavy atom. The van der Waals surface area contributed by atoms with E-state index in [2.05, 4.69) is 22.5 Å². The first kappa shape index (κ1) is 19.5. The van der Waals surface area contributed by atoms with E-state index in [1.807, 2.05) is 36.4 Å². The van der Waals surface area contributed by atoms with Crippen LogP contribution < -0.4 is 15.4 Å². The second-order valence-corrected chi connectivity index (χ2v) is 8.00. The van der Waals surface area contributed by atoms with Crippen molar-refractivity contribution in [2.45, 2.75) is 38.8 Å². The molecule has 0 saturated carbocycles. The highest BCUT2D eigenvalue weighted by molar-refractivity contribution is 6.01. The van der Waals surface area contributed by atoms with Crippen molar-refractivity contribution in [2.24, 2.45) is 5.92 Å². The number of hydrogen-bond acceptors (Lipinski definition) is 4. The third-order valence-electron chi connectivity index (χ3n) is 5.60. The summed E-state index contributed by atoms with van der Waals surface area (Å²) in [6.45, 7) is 5.55. The lowest BCUT2D eigenvalue weighted by Gasteiger charge is -2.30. The Labute approximate surface area is 171 Å². The predicted octanol–water partition coefficient (Wildman–Crippen LogP) is 3.65. The summed E-state index contributed by atoms with van der Waals surface area (Å²) in [5, 5.41) is 5.64. The maximum Gasteiger partial charge on any atom is 0.266 e. The van der Waals surface area contributed by atoms with E-state index in [0.717, 1.165) is 31.2 Å². The number of carbonyl (C=O) groups excluding carboxylic acids is 2. The van der Waals surface area contributed by atoms with Crippen molar-refractivity contribution in [1.82, 2.24) is 4.90 Å². The van der Waals surface area contributed by atoms with E-state index < -0.39 is 6.10 Å². The molecule has 0 radical (unpaired) electrons. The molecule has 0 spiro atoms. The van der Waals surface area contributed by atoms with Crippen molar-refractivity contribution >= 4 is 23.2 Å². The van der Waals surface area contributed by atoms with Crippen LogP contribution in [0.4, 0.5) is 11.4 Å². The van der Waals surface area contributed by atoms with Gasteiger partial charge in [-0.25, -0.2) is 0 Å². The first-order chi connectivity index (χ1) is 14.1. The Kier molecular flexibility index (Phi) is 5.81. The van der Waals surface area contributed by atoms with E-state index in [1.165, 1.54) is 18.4 Å². The van der Waals surface area contributed by atoms with Crippen molar-refractivity contribution in [2.75, 3.05) is 23.7 Å². The molecule has 1 atom stereocenters. The highest BCUT2D eigenvalue weighted by Crippen LogP contribution is 2.29. The fourth-order valence-corrected chi connectivity index (χ4v) is 3.78. The molecule has 1 fully saturated rings. The maximum atomic E-state index is 12.4. The number of benzene rings is 2. The van der Waals surface area contributed by atoms with Gasteiger partial charge >= 0.3 is 0 Å². The number of ether oxygens (including phenoxy) is 1. The second kappa shape index (κ2) is 8.66. The molecule has 2 aromatic rings. The number of para-hydroxylation sites is 2. The fraction of sp³-hybridized carbons (Fsp3) is 0.391. The molecule has 2 aromatic carbocycles. The standard InChI is InChI=1S/C23H27N3O3/c1-16-10-12-26(13-11-16)15-17-6-8-18(9-7-17)24-22(27)14-21-23(28)25-19-4-2-3-5-20(19)29-21/h2-9,16,21H,10-15H2,1H3,(H,24,27)(H,25,28)/t21-/m0/s1. The normalized spacial score (nSPS) is 19.8. The van der Waals surface area contributed by atoms with Crippen molar-refractivity contribution in [3.63, 3.8) is 0 Å². The summed E-state index contributed by atoms with van der Waals surface area (Å²) in [4.78, 5) is 27.0. The molecule has 2 N–H and O–H groups in total. The monoisotopic (exact) mass is 393 g/mol. The van der Waals surface area contributed by atoms with Crippen molar-refractivity contribution in [3.8, 4) is 5.75 Å². The van der Waals surface area contributed by atoms with Crippen LogP contribution in [-0.2, 0) is 16.1 Å². The summed E-state index contributed by atoms with van der Waals surface area (Å²) in [6, 6.07) is 15.1. The molecule has 0 aliphatic carbocycles. The van der Waals surface area contributed by atoms with Crippen LogP contribution in [0, 0.1) is 5.92 Å². The van der Waals surface area contributed by atoms with Crippen molar-refractivity contribution in [3.05, 3.63) is 54.1 Å². The van der Waals surface area contributed by atoms with E-state index in [-0.39, 0.29) is 18.2 Å². The van der Waals surface area contributed by atoms with Gasteiger partial charge in [0, 0.05) is 12.2 Å². The number of nitrogens with zero attached hydrogens (tertiary/aromatic N) is 1. The van der Waals surface area contributed by atoms with Gasteiger partial charge in [0.2, 0.25) is 5.91 Å². The van der Waals surface area contributed by atoms with Gasteiger partial charge < -0.3 is 15.4 Å². The molecule has 0 bridgehead atoms. The molecular formula is C23H27N3O3. The van der Waals surface area contributed by atoms with Crippen LogP contribution in [0.2, 0.25) is 0 Å². The molecule has 4 rings (SSSR count). The Bertz CT molecular complexity index is 873. The number of carbonyl (C=O) groups is 2. The molecule has 6 nitrogen and oxygen atoms in total. The first-order valence-electron chi connectivity index (χ1n) is 10.2. The third kappa shape index (κ3) is 4.95. The van der Waals surface area contributed by atoms with Gasteiger partial charge in [-0.05, 0) is 61.7 Å². The lowest BCUT2D eigenvalue weighted by atomic mass is 9.99. The minimum Gasteiger partial charge on any atom is -0.478 e. The lowest BCUT2D eigenvalue weighted by Crippen LogP contribution is -2.39. The van der Waals surface area contributed by atoms with E-state index >= 15 is 0 Å². The highest BCUT2D eigenvalue weighted by Gasteiger charge is 2.29. The molecule has 152 valence electrons. The van der Waals surface area contributed by atoms with E-state index in [1.54, 1.807) is 12.1 Å². The quantitative estimate of drug-likeness (QED) is 0.814. The number of amides is 2.